The smallest absolute Gasteiger partial charge is 0.151 e. The molecule has 4 nitrogen and oxygen atoms in total. The van der Waals surface area contributed by atoms with Gasteiger partial charge in [0.05, 0.1) is 23.7 Å². The SMILES string of the molecule is CCS(=O)(=O)CCn1cnc(CCl)c1. The van der Waals surface area contributed by atoms with Crippen molar-refractivity contribution >= 4 is 21.4 Å². The number of hydrogen-bond donors (Lipinski definition) is 0. The molecule has 0 saturated carbocycles. The van der Waals surface area contributed by atoms with Gasteiger partial charge < -0.3 is 4.57 Å². The molecule has 0 atom stereocenters. The molecule has 1 aromatic heterocycles. The topological polar surface area (TPSA) is 52.0 Å². The van der Waals surface area contributed by atoms with E-state index in [0.29, 0.717) is 12.4 Å². The fourth-order valence-corrected chi connectivity index (χ4v) is 1.90. The van der Waals surface area contributed by atoms with E-state index in [9.17, 15) is 8.42 Å². The van der Waals surface area contributed by atoms with E-state index in [4.69, 9.17) is 11.6 Å². The van der Waals surface area contributed by atoms with Gasteiger partial charge >= 0.3 is 0 Å². The number of aromatic nitrogens is 2. The van der Waals surface area contributed by atoms with Gasteiger partial charge in [-0.3, -0.25) is 0 Å². The molecule has 1 aromatic rings. The zero-order valence-electron chi connectivity index (χ0n) is 7.98. The van der Waals surface area contributed by atoms with Crippen molar-refractivity contribution in [1.82, 2.24) is 9.55 Å². The summed E-state index contributed by atoms with van der Waals surface area (Å²) in [4.78, 5) is 4.00. The summed E-state index contributed by atoms with van der Waals surface area (Å²) in [7, 11) is -2.90. The normalized spacial score (nSPS) is 11.9. The molecule has 0 N–H and O–H groups in total. The predicted molar refractivity (Wildman–Crippen MR) is 56.1 cm³/mol. The number of sulfone groups is 1. The van der Waals surface area contributed by atoms with Crippen LogP contribution in [0.5, 0.6) is 0 Å². The monoisotopic (exact) mass is 236 g/mol. The van der Waals surface area contributed by atoms with Crippen LogP contribution in [0.15, 0.2) is 12.5 Å². The minimum absolute atomic E-state index is 0.154. The van der Waals surface area contributed by atoms with Gasteiger partial charge in [0.2, 0.25) is 0 Å². The summed E-state index contributed by atoms with van der Waals surface area (Å²) in [5.74, 6) is 0.694. The van der Waals surface area contributed by atoms with E-state index >= 15 is 0 Å². The second-order valence-corrected chi connectivity index (χ2v) is 5.71. The van der Waals surface area contributed by atoms with Crippen LogP contribution in [-0.4, -0.2) is 29.5 Å². The first-order valence-electron chi connectivity index (χ1n) is 4.34. The number of nitrogens with zero attached hydrogens (tertiary/aromatic N) is 2. The van der Waals surface area contributed by atoms with Crippen LogP contribution in [0, 0.1) is 0 Å². The van der Waals surface area contributed by atoms with Crippen molar-refractivity contribution in [3.8, 4) is 0 Å². The molecule has 0 unspecified atom stereocenters. The average molecular weight is 237 g/mol. The molecular formula is C8H13ClN2O2S. The number of aryl methyl sites for hydroxylation is 1. The van der Waals surface area contributed by atoms with E-state index in [-0.39, 0.29) is 11.5 Å². The van der Waals surface area contributed by atoms with Gasteiger partial charge in [0.25, 0.3) is 0 Å². The number of imidazole rings is 1. The summed E-state index contributed by atoms with van der Waals surface area (Å²) in [6, 6.07) is 0. The van der Waals surface area contributed by atoms with Gasteiger partial charge in [-0.15, -0.1) is 11.6 Å². The summed E-state index contributed by atoms with van der Waals surface area (Å²) < 4.78 is 24.1. The first-order chi connectivity index (χ1) is 6.57. The van der Waals surface area contributed by atoms with E-state index in [1.165, 1.54) is 0 Å². The fraction of sp³-hybridized carbons (Fsp3) is 0.625. The zero-order valence-corrected chi connectivity index (χ0v) is 9.55. The molecule has 0 aliphatic carbocycles. The van der Waals surface area contributed by atoms with Crippen molar-refractivity contribution in [3.05, 3.63) is 18.2 Å². The maximum absolute atomic E-state index is 11.2. The molecule has 0 saturated heterocycles. The largest absolute Gasteiger partial charge is 0.336 e. The Kier molecular flexibility index (Phi) is 3.95. The number of hydrogen-bond acceptors (Lipinski definition) is 3. The molecule has 6 heteroatoms. The molecule has 0 aromatic carbocycles. The highest BCUT2D eigenvalue weighted by molar-refractivity contribution is 7.91. The van der Waals surface area contributed by atoms with Crippen LogP contribution >= 0.6 is 11.6 Å². The quantitative estimate of drug-likeness (QED) is 0.719. The van der Waals surface area contributed by atoms with Crippen LogP contribution in [0.1, 0.15) is 12.6 Å². The highest BCUT2D eigenvalue weighted by atomic mass is 35.5. The van der Waals surface area contributed by atoms with Gasteiger partial charge in [0, 0.05) is 18.5 Å². The second-order valence-electron chi connectivity index (χ2n) is 2.97. The Hall–Kier alpha value is -0.550. The molecule has 0 radical (unpaired) electrons. The minimum Gasteiger partial charge on any atom is -0.336 e. The lowest BCUT2D eigenvalue weighted by atomic mass is 10.5. The maximum atomic E-state index is 11.2. The lowest BCUT2D eigenvalue weighted by Crippen LogP contribution is -2.13. The van der Waals surface area contributed by atoms with Crippen LogP contribution < -0.4 is 0 Å². The first kappa shape index (κ1) is 11.5. The van der Waals surface area contributed by atoms with E-state index in [2.05, 4.69) is 4.98 Å². The van der Waals surface area contributed by atoms with Gasteiger partial charge in [0.15, 0.2) is 9.84 Å². The second kappa shape index (κ2) is 4.79. The highest BCUT2D eigenvalue weighted by Gasteiger charge is 2.07. The molecular weight excluding hydrogens is 224 g/mol. The molecule has 0 fully saturated rings. The van der Waals surface area contributed by atoms with Crippen LogP contribution in [0.25, 0.3) is 0 Å². The van der Waals surface area contributed by atoms with Crippen molar-refractivity contribution in [2.24, 2.45) is 0 Å². The van der Waals surface area contributed by atoms with Gasteiger partial charge in [-0.25, -0.2) is 13.4 Å². The molecule has 0 bridgehead atoms. The van der Waals surface area contributed by atoms with Gasteiger partial charge in [-0.05, 0) is 0 Å². The Labute approximate surface area is 88.8 Å². The van der Waals surface area contributed by atoms with Crippen molar-refractivity contribution in [2.45, 2.75) is 19.3 Å². The standard InChI is InChI=1S/C8H13ClN2O2S/c1-2-14(12,13)4-3-11-6-8(5-9)10-7-11/h6-7H,2-5H2,1H3. The molecule has 1 heterocycles. The third-order valence-electron chi connectivity index (χ3n) is 1.92. The van der Waals surface area contributed by atoms with Crippen LogP contribution in [-0.2, 0) is 22.3 Å². The summed E-state index contributed by atoms with van der Waals surface area (Å²) in [5, 5.41) is 0. The van der Waals surface area contributed by atoms with Crippen LogP contribution in [0.2, 0.25) is 0 Å². The molecule has 0 aliphatic heterocycles. The fourth-order valence-electron chi connectivity index (χ4n) is 0.987. The maximum Gasteiger partial charge on any atom is 0.151 e. The molecule has 0 amide bonds. The van der Waals surface area contributed by atoms with Crippen molar-refractivity contribution in [3.63, 3.8) is 0 Å². The lowest BCUT2D eigenvalue weighted by Gasteiger charge is -2.01. The Bertz CT molecular complexity index is 386. The molecule has 14 heavy (non-hydrogen) atoms. The Morgan fingerprint density at radius 3 is 2.79 bits per heavy atom. The van der Waals surface area contributed by atoms with Crippen molar-refractivity contribution in [1.29, 1.82) is 0 Å². The lowest BCUT2D eigenvalue weighted by molar-refractivity contribution is 0.590. The molecule has 0 spiro atoms. The summed E-state index contributed by atoms with van der Waals surface area (Å²) >= 11 is 5.56. The first-order valence-corrected chi connectivity index (χ1v) is 6.70. The number of rotatable bonds is 5. The Balaban J connectivity index is 2.54. The van der Waals surface area contributed by atoms with Gasteiger partial charge in [-0.2, -0.15) is 0 Å². The van der Waals surface area contributed by atoms with E-state index in [0.717, 1.165) is 5.69 Å². The summed E-state index contributed by atoms with van der Waals surface area (Å²) in [5.41, 5.74) is 0.764. The zero-order chi connectivity index (χ0) is 10.6. The van der Waals surface area contributed by atoms with Crippen LogP contribution in [0.4, 0.5) is 0 Å². The molecule has 1 rings (SSSR count). The molecule has 80 valence electrons. The van der Waals surface area contributed by atoms with Crippen molar-refractivity contribution < 1.29 is 8.42 Å². The van der Waals surface area contributed by atoms with Crippen molar-refractivity contribution in [2.75, 3.05) is 11.5 Å². The summed E-state index contributed by atoms with van der Waals surface area (Å²) in [6.45, 7) is 2.09. The Morgan fingerprint density at radius 1 is 1.57 bits per heavy atom. The predicted octanol–water partition coefficient (Wildman–Crippen LogP) is 1.06. The van der Waals surface area contributed by atoms with Gasteiger partial charge in [0.1, 0.15) is 0 Å². The average Bonchev–Trinajstić information content (AvgIpc) is 2.63. The minimum atomic E-state index is -2.90. The molecule has 0 aliphatic rings. The van der Waals surface area contributed by atoms with Crippen LogP contribution in [0.3, 0.4) is 0 Å². The third-order valence-corrected chi connectivity index (χ3v) is 3.88. The summed E-state index contributed by atoms with van der Waals surface area (Å²) in [6.07, 6.45) is 3.36. The third kappa shape index (κ3) is 3.31. The highest BCUT2D eigenvalue weighted by Crippen LogP contribution is 2.01. The van der Waals surface area contributed by atoms with E-state index < -0.39 is 9.84 Å². The Morgan fingerprint density at radius 2 is 2.29 bits per heavy atom. The number of halogens is 1. The van der Waals surface area contributed by atoms with E-state index in [1.54, 1.807) is 24.0 Å². The van der Waals surface area contributed by atoms with E-state index in [1.807, 2.05) is 0 Å². The number of alkyl halides is 1. The van der Waals surface area contributed by atoms with Gasteiger partial charge in [-0.1, -0.05) is 6.92 Å².